The maximum absolute atomic E-state index is 11.8. The number of hydrogen-bond acceptors (Lipinski definition) is 3. The summed E-state index contributed by atoms with van der Waals surface area (Å²) < 4.78 is 5.23. The van der Waals surface area contributed by atoms with Crippen LogP contribution in [0.1, 0.15) is 31.9 Å². The van der Waals surface area contributed by atoms with Gasteiger partial charge >= 0.3 is 6.09 Å². The molecule has 24 heavy (non-hydrogen) atoms. The van der Waals surface area contributed by atoms with Gasteiger partial charge in [-0.15, -0.1) is 0 Å². The number of anilines is 1. The first kappa shape index (κ1) is 16.1. The van der Waals surface area contributed by atoms with E-state index in [1.54, 1.807) is 0 Å². The van der Waals surface area contributed by atoms with Gasteiger partial charge in [-0.2, -0.15) is 0 Å². The summed E-state index contributed by atoms with van der Waals surface area (Å²) in [6.45, 7) is 5.46. The molecular formula is C19H21N3O2. The standard InChI is InChI=1S/C19H21N3O2/c1-19(2,3)24-18(23)22-17-20-15-10-9-14(12-16(15)21-17)11-13-7-5-4-6-8-13/h4-10,12H,11H2,1-3H3,(H2,20,21,22,23). The molecule has 0 spiro atoms. The summed E-state index contributed by atoms with van der Waals surface area (Å²) >= 11 is 0. The lowest BCUT2D eigenvalue weighted by Gasteiger charge is -2.18. The number of nitrogens with one attached hydrogen (secondary N) is 2. The molecule has 3 aromatic rings. The van der Waals surface area contributed by atoms with E-state index in [0.717, 1.165) is 17.5 Å². The Labute approximate surface area is 141 Å². The summed E-state index contributed by atoms with van der Waals surface area (Å²) in [7, 11) is 0. The number of amides is 1. The van der Waals surface area contributed by atoms with Crippen molar-refractivity contribution in [2.75, 3.05) is 5.32 Å². The fourth-order valence-corrected chi connectivity index (χ4v) is 2.45. The van der Waals surface area contributed by atoms with Gasteiger partial charge in [0, 0.05) is 0 Å². The molecule has 0 radical (unpaired) electrons. The number of hydrogen-bond donors (Lipinski definition) is 2. The molecule has 0 unspecified atom stereocenters. The third kappa shape index (κ3) is 4.13. The van der Waals surface area contributed by atoms with Crippen molar-refractivity contribution in [2.24, 2.45) is 0 Å². The van der Waals surface area contributed by atoms with Gasteiger partial charge in [-0.25, -0.2) is 9.78 Å². The summed E-state index contributed by atoms with van der Waals surface area (Å²) in [5.41, 5.74) is 3.56. The van der Waals surface area contributed by atoms with Gasteiger partial charge in [0.1, 0.15) is 5.60 Å². The van der Waals surface area contributed by atoms with Crippen molar-refractivity contribution < 1.29 is 9.53 Å². The molecule has 1 heterocycles. The number of benzene rings is 2. The van der Waals surface area contributed by atoms with Crippen molar-refractivity contribution in [3.63, 3.8) is 0 Å². The topological polar surface area (TPSA) is 67.0 Å². The van der Waals surface area contributed by atoms with E-state index < -0.39 is 11.7 Å². The van der Waals surface area contributed by atoms with Crippen LogP contribution in [0.2, 0.25) is 0 Å². The Morgan fingerprint density at radius 1 is 1.12 bits per heavy atom. The third-order valence-electron chi connectivity index (χ3n) is 3.42. The summed E-state index contributed by atoms with van der Waals surface area (Å²) in [5.74, 6) is 0.385. The van der Waals surface area contributed by atoms with Gasteiger partial charge in [0.2, 0.25) is 5.95 Å². The van der Waals surface area contributed by atoms with Gasteiger partial charge < -0.3 is 9.72 Å². The second-order valence-corrected chi connectivity index (χ2v) is 6.73. The molecule has 2 aromatic carbocycles. The van der Waals surface area contributed by atoms with Crippen LogP contribution in [0.3, 0.4) is 0 Å². The zero-order chi connectivity index (χ0) is 17.2. The van der Waals surface area contributed by atoms with Crippen molar-refractivity contribution in [3.05, 3.63) is 59.7 Å². The Morgan fingerprint density at radius 3 is 2.58 bits per heavy atom. The molecule has 1 aromatic heterocycles. The summed E-state index contributed by atoms with van der Waals surface area (Å²) in [6.07, 6.45) is 0.324. The number of fused-ring (bicyclic) bond motifs is 1. The molecule has 0 fully saturated rings. The highest BCUT2D eigenvalue weighted by Crippen LogP contribution is 2.19. The third-order valence-corrected chi connectivity index (χ3v) is 3.42. The lowest BCUT2D eigenvalue weighted by molar-refractivity contribution is 0.0635. The smallest absolute Gasteiger partial charge is 0.414 e. The first-order chi connectivity index (χ1) is 11.4. The average Bonchev–Trinajstić information content (AvgIpc) is 2.87. The van der Waals surface area contributed by atoms with Crippen molar-refractivity contribution in [2.45, 2.75) is 32.8 Å². The number of H-pyrrole nitrogens is 1. The predicted octanol–water partition coefficient (Wildman–Crippen LogP) is 4.50. The van der Waals surface area contributed by atoms with Gasteiger partial charge in [-0.1, -0.05) is 36.4 Å². The van der Waals surface area contributed by atoms with Gasteiger partial charge in [-0.3, -0.25) is 5.32 Å². The molecule has 124 valence electrons. The summed E-state index contributed by atoms with van der Waals surface area (Å²) in [4.78, 5) is 19.3. The van der Waals surface area contributed by atoms with E-state index in [9.17, 15) is 4.79 Å². The maximum Gasteiger partial charge on any atom is 0.414 e. The SMILES string of the molecule is CC(C)(C)OC(=O)Nc1nc2cc(Cc3ccccc3)ccc2[nH]1. The lowest BCUT2D eigenvalue weighted by Crippen LogP contribution is -2.27. The number of aromatic amines is 1. The molecule has 0 saturated carbocycles. The van der Waals surface area contributed by atoms with Crippen LogP contribution in [0.15, 0.2) is 48.5 Å². The highest BCUT2D eigenvalue weighted by molar-refractivity contribution is 5.86. The van der Waals surface area contributed by atoms with Crippen molar-refractivity contribution in [1.82, 2.24) is 9.97 Å². The van der Waals surface area contributed by atoms with Crippen LogP contribution in [0.4, 0.5) is 10.7 Å². The van der Waals surface area contributed by atoms with E-state index in [2.05, 4.69) is 33.5 Å². The Bertz CT molecular complexity index is 848. The minimum absolute atomic E-state index is 0.385. The second-order valence-electron chi connectivity index (χ2n) is 6.73. The predicted molar refractivity (Wildman–Crippen MR) is 95.2 cm³/mol. The van der Waals surface area contributed by atoms with Crippen LogP contribution >= 0.6 is 0 Å². The molecule has 0 aliphatic carbocycles. The van der Waals surface area contributed by atoms with Crippen LogP contribution in [0, 0.1) is 0 Å². The van der Waals surface area contributed by atoms with E-state index in [4.69, 9.17) is 4.74 Å². The van der Waals surface area contributed by atoms with Gasteiger partial charge in [0.05, 0.1) is 11.0 Å². The molecule has 0 aliphatic heterocycles. The van der Waals surface area contributed by atoms with Gasteiger partial charge in [-0.05, 0) is 50.5 Å². The highest BCUT2D eigenvalue weighted by atomic mass is 16.6. The normalized spacial score (nSPS) is 11.5. The van der Waals surface area contributed by atoms with Crippen LogP contribution in [0.5, 0.6) is 0 Å². The minimum Gasteiger partial charge on any atom is -0.444 e. The van der Waals surface area contributed by atoms with Crippen LogP contribution in [-0.2, 0) is 11.2 Å². The number of carbonyl (C=O) groups excluding carboxylic acids is 1. The molecule has 5 nitrogen and oxygen atoms in total. The highest BCUT2D eigenvalue weighted by Gasteiger charge is 2.17. The number of nitrogens with zero attached hydrogens (tertiary/aromatic N) is 1. The van der Waals surface area contributed by atoms with Crippen LogP contribution in [-0.4, -0.2) is 21.7 Å². The summed E-state index contributed by atoms with van der Waals surface area (Å²) in [5, 5.41) is 2.63. The van der Waals surface area contributed by atoms with E-state index >= 15 is 0 Å². The number of imidazole rings is 1. The van der Waals surface area contributed by atoms with Crippen molar-refractivity contribution >= 4 is 23.1 Å². The largest absolute Gasteiger partial charge is 0.444 e. The van der Waals surface area contributed by atoms with Crippen LogP contribution in [0.25, 0.3) is 11.0 Å². The maximum atomic E-state index is 11.8. The zero-order valence-corrected chi connectivity index (χ0v) is 14.1. The lowest BCUT2D eigenvalue weighted by atomic mass is 10.0. The van der Waals surface area contributed by atoms with Crippen LogP contribution < -0.4 is 5.32 Å². The van der Waals surface area contributed by atoms with E-state index in [0.29, 0.717) is 5.95 Å². The molecule has 5 heteroatoms. The average molecular weight is 323 g/mol. The zero-order valence-electron chi connectivity index (χ0n) is 14.1. The van der Waals surface area contributed by atoms with Gasteiger partial charge in [0.25, 0.3) is 0 Å². The molecule has 0 saturated heterocycles. The molecule has 0 aliphatic rings. The number of aromatic nitrogens is 2. The minimum atomic E-state index is -0.543. The summed E-state index contributed by atoms with van der Waals surface area (Å²) in [6, 6.07) is 16.3. The number of rotatable bonds is 3. The molecule has 0 bridgehead atoms. The van der Waals surface area contributed by atoms with Crippen molar-refractivity contribution in [1.29, 1.82) is 0 Å². The van der Waals surface area contributed by atoms with E-state index in [-0.39, 0.29) is 0 Å². The molecular weight excluding hydrogens is 302 g/mol. The number of ether oxygens (including phenoxy) is 1. The fraction of sp³-hybridized carbons (Fsp3) is 0.263. The van der Waals surface area contributed by atoms with E-state index in [1.165, 1.54) is 11.1 Å². The second kappa shape index (κ2) is 6.35. The monoisotopic (exact) mass is 323 g/mol. The Morgan fingerprint density at radius 2 is 1.88 bits per heavy atom. The molecule has 3 rings (SSSR count). The molecule has 1 amide bonds. The Balaban J connectivity index is 1.75. The molecule has 2 N–H and O–H groups in total. The fourth-order valence-electron chi connectivity index (χ4n) is 2.45. The van der Waals surface area contributed by atoms with E-state index in [1.807, 2.05) is 51.1 Å². The quantitative estimate of drug-likeness (QED) is 0.745. The van der Waals surface area contributed by atoms with Crippen molar-refractivity contribution in [3.8, 4) is 0 Å². The first-order valence-corrected chi connectivity index (χ1v) is 7.92. The first-order valence-electron chi connectivity index (χ1n) is 7.92. The Hall–Kier alpha value is -2.82. The number of carbonyl (C=O) groups is 1. The Kier molecular flexibility index (Phi) is 4.25. The molecule has 0 atom stereocenters. The van der Waals surface area contributed by atoms with Gasteiger partial charge in [0.15, 0.2) is 0 Å².